The molecule has 6 nitrogen and oxygen atoms in total. The molecule has 1 amide bonds. The van der Waals surface area contributed by atoms with Crippen LogP contribution in [0.5, 0.6) is 0 Å². The first kappa shape index (κ1) is 13.5. The van der Waals surface area contributed by atoms with Gasteiger partial charge in [-0.15, -0.1) is 0 Å². The Labute approximate surface area is 110 Å². The van der Waals surface area contributed by atoms with Crippen molar-refractivity contribution in [2.45, 2.75) is 19.8 Å². The minimum absolute atomic E-state index is 0.0444. The summed E-state index contributed by atoms with van der Waals surface area (Å²) >= 11 is 0. The Morgan fingerprint density at radius 1 is 1.58 bits per heavy atom. The van der Waals surface area contributed by atoms with Gasteiger partial charge in [0.2, 0.25) is 5.91 Å². The molecule has 0 bridgehead atoms. The number of carbonyl (C=O) groups is 1. The van der Waals surface area contributed by atoms with Crippen LogP contribution in [-0.4, -0.2) is 24.0 Å². The number of nitrogens with zero attached hydrogens (tertiary/aromatic N) is 1. The molecule has 1 saturated heterocycles. The van der Waals surface area contributed by atoms with Gasteiger partial charge in [-0.1, -0.05) is 13.0 Å². The third kappa shape index (κ3) is 3.08. The topological polar surface area (TPSA) is 81.5 Å². The first-order valence-corrected chi connectivity index (χ1v) is 6.27. The van der Waals surface area contributed by atoms with Gasteiger partial charge in [-0.25, -0.2) is 0 Å². The van der Waals surface area contributed by atoms with Gasteiger partial charge in [0, 0.05) is 23.9 Å². The van der Waals surface area contributed by atoms with Gasteiger partial charge in [0.05, 0.1) is 17.4 Å². The van der Waals surface area contributed by atoms with E-state index in [0.29, 0.717) is 37.3 Å². The molecule has 19 heavy (non-hydrogen) atoms. The first-order valence-electron chi connectivity index (χ1n) is 6.27. The van der Waals surface area contributed by atoms with E-state index in [-0.39, 0.29) is 17.5 Å². The van der Waals surface area contributed by atoms with E-state index >= 15 is 0 Å². The average molecular weight is 264 g/mol. The second-order valence-corrected chi connectivity index (χ2v) is 4.50. The summed E-state index contributed by atoms with van der Waals surface area (Å²) in [6.07, 6.45) is 1.28. The molecule has 0 aromatic heterocycles. The Morgan fingerprint density at radius 2 is 2.37 bits per heavy atom. The number of rotatable bonds is 4. The molecule has 1 aliphatic rings. The first-order chi connectivity index (χ1) is 9.11. The molecular formula is C13H16N2O4. The minimum Gasteiger partial charge on any atom is -0.381 e. The van der Waals surface area contributed by atoms with Crippen molar-refractivity contribution in [2.75, 3.05) is 18.5 Å². The number of hydrogen-bond donors (Lipinski definition) is 1. The number of carbonyl (C=O) groups excluding carboxylic acids is 1. The Bertz CT molecular complexity index is 495. The molecule has 2 rings (SSSR count). The predicted octanol–water partition coefficient (Wildman–Crippen LogP) is 2.13. The zero-order chi connectivity index (χ0) is 13.8. The maximum Gasteiger partial charge on any atom is 0.274 e. The van der Waals surface area contributed by atoms with Crippen LogP contribution in [0.4, 0.5) is 11.4 Å². The Hall–Kier alpha value is -1.95. The zero-order valence-electron chi connectivity index (χ0n) is 10.7. The number of benzene rings is 1. The van der Waals surface area contributed by atoms with Gasteiger partial charge < -0.3 is 10.1 Å². The molecule has 1 N–H and O–H groups in total. The van der Waals surface area contributed by atoms with Crippen LogP contribution < -0.4 is 5.32 Å². The summed E-state index contributed by atoms with van der Waals surface area (Å²) in [5.74, 6) is -0.305. The largest absolute Gasteiger partial charge is 0.381 e. The summed E-state index contributed by atoms with van der Waals surface area (Å²) in [7, 11) is 0. The fraction of sp³-hybridized carbons (Fsp3) is 0.462. The Morgan fingerprint density at radius 3 is 2.95 bits per heavy atom. The molecular weight excluding hydrogens is 248 g/mol. The van der Waals surface area contributed by atoms with E-state index in [1.807, 2.05) is 6.92 Å². The number of aryl methyl sites for hydroxylation is 1. The van der Waals surface area contributed by atoms with Crippen LogP contribution in [0, 0.1) is 16.0 Å². The van der Waals surface area contributed by atoms with E-state index in [9.17, 15) is 14.9 Å². The van der Waals surface area contributed by atoms with Gasteiger partial charge in [-0.2, -0.15) is 0 Å². The van der Waals surface area contributed by atoms with Gasteiger partial charge in [-0.05, 0) is 18.9 Å². The standard InChI is InChI=1S/C13H16N2O4/c1-2-9-3-4-11(7-12(9)15(17)18)14-13(16)10-5-6-19-8-10/h3-4,7,10H,2,5-6,8H2,1H3,(H,14,16). The van der Waals surface area contributed by atoms with Gasteiger partial charge in [0.1, 0.15) is 0 Å². The van der Waals surface area contributed by atoms with Crippen LogP contribution in [0.25, 0.3) is 0 Å². The lowest BCUT2D eigenvalue weighted by atomic mass is 10.1. The van der Waals surface area contributed by atoms with E-state index in [0.717, 1.165) is 0 Å². The second-order valence-electron chi connectivity index (χ2n) is 4.50. The van der Waals surface area contributed by atoms with E-state index in [1.54, 1.807) is 12.1 Å². The highest BCUT2D eigenvalue weighted by atomic mass is 16.6. The van der Waals surface area contributed by atoms with Crippen LogP contribution in [0.2, 0.25) is 0 Å². The van der Waals surface area contributed by atoms with Crippen molar-refractivity contribution in [3.05, 3.63) is 33.9 Å². The molecule has 6 heteroatoms. The zero-order valence-corrected chi connectivity index (χ0v) is 10.7. The average Bonchev–Trinajstić information content (AvgIpc) is 2.92. The highest BCUT2D eigenvalue weighted by molar-refractivity contribution is 5.93. The maximum absolute atomic E-state index is 11.9. The second kappa shape index (κ2) is 5.79. The lowest BCUT2D eigenvalue weighted by Gasteiger charge is -2.10. The Kier molecular flexibility index (Phi) is 4.11. The lowest BCUT2D eigenvalue weighted by molar-refractivity contribution is -0.385. The lowest BCUT2D eigenvalue weighted by Crippen LogP contribution is -2.22. The number of nitro groups is 1. The number of hydrogen-bond acceptors (Lipinski definition) is 4. The van der Waals surface area contributed by atoms with Gasteiger partial charge in [-0.3, -0.25) is 14.9 Å². The number of ether oxygens (including phenoxy) is 1. The molecule has 0 saturated carbocycles. The monoisotopic (exact) mass is 264 g/mol. The Balaban J connectivity index is 2.14. The molecule has 1 fully saturated rings. The third-order valence-electron chi connectivity index (χ3n) is 3.23. The van der Waals surface area contributed by atoms with Crippen molar-refractivity contribution in [2.24, 2.45) is 5.92 Å². The highest BCUT2D eigenvalue weighted by Gasteiger charge is 2.24. The minimum atomic E-state index is -0.423. The number of amides is 1. The fourth-order valence-corrected chi connectivity index (χ4v) is 2.10. The fourth-order valence-electron chi connectivity index (χ4n) is 2.10. The van der Waals surface area contributed by atoms with Crippen LogP contribution in [0.1, 0.15) is 18.9 Å². The van der Waals surface area contributed by atoms with Gasteiger partial charge in [0.25, 0.3) is 5.69 Å². The van der Waals surface area contributed by atoms with E-state index in [1.165, 1.54) is 6.07 Å². The summed E-state index contributed by atoms with van der Waals surface area (Å²) < 4.78 is 5.15. The number of nitro benzene ring substituents is 1. The maximum atomic E-state index is 11.9. The molecule has 1 aliphatic heterocycles. The molecule has 0 aliphatic carbocycles. The number of nitrogens with one attached hydrogen (secondary N) is 1. The van der Waals surface area contributed by atoms with Crippen LogP contribution >= 0.6 is 0 Å². The molecule has 1 unspecified atom stereocenters. The highest BCUT2D eigenvalue weighted by Crippen LogP contribution is 2.24. The third-order valence-corrected chi connectivity index (χ3v) is 3.23. The van der Waals surface area contributed by atoms with Gasteiger partial charge in [0.15, 0.2) is 0 Å². The summed E-state index contributed by atoms with van der Waals surface area (Å²) in [4.78, 5) is 22.4. The van der Waals surface area contributed by atoms with E-state index < -0.39 is 4.92 Å². The molecule has 0 radical (unpaired) electrons. The summed E-state index contributed by atoms with van der Waals surface area (Å²) in [5.41, 5.74) is 1.16. The number of anilines is 1. The normalized spacial score (nSPS) is 18.3. The van der Waals surface area contributed by atoms with Crippen molar-refractivity contribution in [1.82, 2.24) is 0 Å². The van der Waals surface area contributed by atoms with E-state index in [2.05, 4.69) is 5.32 Å². The summed E-state index contributed by atoms with van der Waals surface area (Å²) in [5, 5.41) is 13.7. The summed E-state index contributed by atoms with van der Waals surface area (Å²) in [6.45, 7) is 2.87. The molecule has 102 valence electrons. The summed E-state index contributed by atoms with van der Waals surface area (Å²) in [6, 6.07) is 4.78. The van der Waals surface area contributed by atoms with Crippen LogP contribution in [-0.2, 0) is 16.0 Å². The van der Waals surface area contributed by atoms with Gasteiger partial charge >= 0.3 is 0 Å². The van der Waals surface area contributed by atoms with Crippen molar-refractivity contribution in [1.29, 1.82) is 0 Å². The van der Waals surface area contributed by atoms with E-state index in [4.69, 9.17) is 4.74 Å². The molecule has 1 aromatic carbocycles. The van der Waals surface area contributed by atoms with Crippen LogP contribution in [0.15, 0.2) is 18.2 Å². The molecule has 1 atom stereocenters. The smallest absolute Gasteiger partial charge is 0.274 e. The van der Waals surface area contributed by atoms with Crippen LogP contribution in [0.3, 0.4) is 0 Å². The van der Waals surface area contributed by atoms with Crippen molar-refractivity contribution in [3.63, 3.8) is 0 Å². The predicted molar refractivity (Wildman–Crippen MR) is 70.0 cm³/mol. The van der Waals surface area contributed by atoms with Crippen molar-refractivity contribution >= 4 is 17.3 Å². The molecule has 1 heterocycles. The molecule has 1 aromatic rings. The SMILES string of the molecule is CCc1ccc(NC(=O)C2CCOC2)cc1[N+](=O)[O-]. The molecule has 0 spiro atoms. The van der Waals surface area contributed by atoms with Crippen molar-refractivity contribution in [3.8, 4) is 0 Å². The van der Waals surface area contributed by atoms with Crippen molar-refractivity contribution < 1.29 is 14.5 Å². The quantitative estimate of drug-likeness (QED) is 0.667.